The first-order chi connectivity index (χ1) is 7.47. The molecule has 0 aliphatic carbocycles. The zero-order valence-corrected chi connectivity index (χ0v) is 10.7. The van der Waals surface area contributed by atoms with Crippen LogP contribution < -0.4 is 0 Å². The number of hydrogen-bond acceptors (Lipinski definition) is 2. The topological polar surface area (TPSA) is 54.4 Å². The highest BCUT2D eigenvalue weighted by atomic mass is 79.9. The molecule has 0 heterocycles. The molecule has 4 heteroatoms. The second-order valence-electron chi connectivity index (χ2n) is 3.68. The van der Waals surface area contributed by atoms with Gasteiger partial charge in [0.1, 0.15) is 0 Å². The Morgan fingerprint density at radius 2 is 2.06 bits per heavy atom. The predicted molar refractivity (Wildman–Crippen MR) is 64.8 cm³/mol. The van der Waals surface area contributed by atoms with Crippen LogP contribution in [-0.4, -0.2) is 16.9 Å². The maximum atomic E-state index is 11.2. The summed E-state index contributed by atoms with van der Waals surface area (Å²) in [5.41, 5.74) is 1.29. The lowest BCUT2D eigenvalue weighted by molar-refractivity contribution is -0.131. The Labute approximate surface area is 103 Å². The third kappa shape index (κ3) is 2.70. The van der Waals surface area contributed by atoms with Crippen LogP contribution in [-0.2, 0) is 4.79 Å². The molecule has 3 nitrogen and oxygen atoms in total. The van der Waals surface area contributed by atoms with E-state index in [4.69, 9.17) is 5.11 Å². The molecule has 86 valence electrons. The number of Topliss-reactive ketones (excluding diaryl/α,β-unsaturated/α-hetero) is 1. The van der Waals surface area contributed by atoms with Gasteiger partial charge in [0, 0.05) is 10.0 Å². The van der Waals surface area contributed by atoms with Gasteiger partial charge in [-0.25, -0.2) is 4.79 Å². The molecule has 0 fully saturated rings. The first-order valence-corrected chi connectivity index (χ1v) is 5.83. The fraction of sp³-hybridized carbons (Fsp3) is 0.333. The van der Waals surface area contributed by atoms with Crippen LogP contribution in [0.15, 0.2) is 22.7 Å². The average molecular weight is 285 g/mol. The van der Waals surface area contributed by atoms with Crippen molar-refractivity contribution in [3.05, 3.63) is 33.8 Å². The molecular weight excluding hydrogens is 272 g/mol. The molecule has 0 saturated carbocycles. The van der Waals surface area contributed by atoms with E-state index >= 15 is 0 Å². The van der Waals surface area contributed by atoms with Crippen molar-refractivity contribution >= 4 is 27.7 Å². The van der Waals surface area contributed by atoms with E-state index < -0.39 is 11.8 Å². The number of aliphatic carboxylic acids is 1. The summed E-state index contributed by atoms with van der Waals surface area (Å²) in [4.78, 5) is 21.7. The van der Waals surface area contributed by atoms with Crippen molar-refractivity contribution < 1.29 is 14.7 Å². The second kappa shape index (κ2) is 5.25. The van der Waals surface area contributed by atoms with Crippen molar-refractivity contribution in [1.82, 2.24) is 0 Å². The molecule has 0 spiro atoms. The van der Waals surface area contributed by atoms with Crippen LogP contribution in [0.2, 0.25) is 0 Å². The standard InChI is InChI=1S/C12H13BrO3/c1-3-7(2)9-5-4-8(6-10(9)13)11(14)12(15)16/h4-7H,3H2,1-2H3,(H,15,16). The van der Waals surface area contributed by atoms with E-state index in [0.717, 1.165) is 16.5 Å². The highest BCUT2D eigenvalue weighted by Crippen LogP contribution is 2.28. The number of carboxylic acid groups (broad SMARTS) is 1. The van der Waals surface area contributed by atoms with Crippen molar-refractivity contribution in [2.45, 2.75) is 26.2 Å². The molecule has 1 rings (SSSR count). The van der Waals surface area contributed by atoms with Gasteiger partial charge in [0.15, 0.2) is 0 Å². The number of carbonyl (C=O) groups excluding carboxylic acids is 1. The van der Waals surface area contributed by atoms with Gasteiger partial charge in [0.05, 0.1) is 0 Å². The smallest absolute Gasteiger partial charge is 0.377 e. The summed E-state index contributed by atoms with van der Waals surface area (Å²) in [7, 11) is 0. The summed E-state index contributed by atoms with van der Waals surface area (Å²) in [5.74, 6) is -1.93. The van der Waals surface area contributed by atoms with E-state index in [1.165, 1.54) is 0 Å². The minimum absolute atomic E-state index is 0.200. The summed E-state index contributed by atoms with van der Waals surface area (Å²) in [6.45, 7) is 4.16. The van der Waals surface area contributed by atoms with Crippen LogP contribution in [0.1, 0.15) is 42.1 Å². The molecule has 1 aromatic carbocycles. The molecule has 1 aromatic rings. The molecule has 1 unspecified atom stereocenters. The van der Waals surface area contributed by atoms with E-state index in [1.54, 1.807) is 18.2 Å². The van der Waals surface area contributed by atoms with Crippen molar-refractivity contribution in [2.75, 3.05) is 0 Å². The van der Waals surface area contributed by atoms with Crippen molar-refractivity contribution in [3.63, 3.8) is 0 Å². The van der Waals surface area contributed by atoms with Gasteiger partial charge >= 0.3 is 5.97 Å². The fourth-order valence-electron chi connectivity index (χ4n) is 1.41. The van der Waals surface area contributed by atoms with Crippen LogP contribution in [0.4, 0.5) is 0 Å². The summed E-state index contributed by atoms with van der Waals surface area (Å²) >= 11 is 3.36. The molecule has 0 amide bonds. The third-order valence-corrected chi connectivity index (χ3v) is 3.29. The van der Waals surface area contributed by atoms with E-state index in [1.807, 2.05) is 0 Å². The molecule has 0 aliphatic rings. The number of carbonyl (C=O) groups is 2. The Kier molecular flexibility index (Phi) is 4.24. The van der Waals surface area contributed by atoms with Crippen LogP contribution in [0.5, 0.6) is 0 Å². The number of rotatable bonds is 4. The SMILES string of the molecule is CCC(C)c1ccc(C(=O)C(=O)O)cc1Br. The number of ketones is 1. The zero-order chi connectivity index (χ0) is 12.3. The summed E-state index contributed by atoms with van der Waals surface area (Å²) in [6, 6.07) is 4.93. The second-order valence-corrected chi connectivity index (χ2v) is 4.53. The average Bonchev–Trinajstić information content (AvgIpc) is 2.26. The van der Waals surface area contributed by atoms with Crippen molar-refractivity contribution in [1.29, 1.82) is 0 Å². The predicted octanol–water partition coefficient (Wildman–Crippen LogP) is 3.23. The van der Waals surface area contributed by atoms with Gasteiger partial charge in [-0.15, -0.1) is 0 Å². The van der Waals surface area contributed by atoms with Gasteiger partial charge in [0.25, 0.3) is 5.78 Å². The van der Waals surface area contributed by atoms with Gasteiger partial charge < -0.3 is 5.11 Å². The maximum absolute atomic E-state index is 11.2. The minimum atomic E-state index is -1.43. The summed E-state index contributed by atoms with van der Waals surface area (Å²) in [5, 5.41) is 8.59. The third-order valence-electron chi connectivity index (χ3n) is 2.60. The minimum Gasteiger partial charge on any atom is -0.475 e. The quantitative estimate of drug-likeness (QED) is 0.682. The first kappa shape index (κ1) is 12.9. The fourth-order valence-corrected chi connectivity index (χ4v) is 2.18. The van der Waals surface area contributed by atoms with Crippen molar-refractivity contribution in [2.24, 2.45) is 0 Å². The lowest BCUT2D eigenvalue weighted by atomic mass is 9.97. The molecule has 16 heavy (non-hydrogen) atoms. The maximum Gasteiger partial charge on any atom is 0.377 e. The monoisotopic (exact) mass is 284 g/mol. The summed E-state index contributed by atoms with van der Waals surface area (Å²) in [6.07, 6.45) is 0.991. The normalized spacial score (nSPS) is 12.2. The highest BCUT2D eigenvalue weighted by molar-refractivity contribution is 9.10. The van der Waals surface area contributed by atoms with Crippen LogP contribution in [0.25, 0.3) is 0 Å². The lowest BCUT2D eigenvalue weighted by Crippen LogP contribution is -2.12. The Hall–Kier alpha value is -1.16. The van der Waals surface area contributed by atoms with E-state index in [2.05, 4.69) is 29.8 Å². The largest absolute Gasteiger partial charge is 0.475 e. The zero-order valence-electron chi connectivity index (χ0n) is 9.16. The number of benzene rings is 1. The summed E-state index contributed by atoms with van der Waals surface area (Å²) < 4.78 is 0.786. The molecular formula is C12H13BrO3. The van der Waals surface area contributed by atoms with Gasteiger partial charge in [-0.05, 0) is 24.0 Å². The van der Waals surface area contributed by atoms with Crippen LogP contribution >= 0.6 is 15.9 Å². The number of hydrogen-bond donors (Lipinski definition) is 1. The van der Waals surface area contributed by atoms with Crippen LogP contribution in [0.3, 0.4) is 0 Å². The Morgan fingerprint density at radius 1 is 1.44 bits per heavy atom. The molecule has 1 atom stereocenters. The van der Waals surface area contributed by atoms with Gasteiger partial charge in [0.2, 0.25) is 0 Å². The molecule has 0 aromatic heterocycles. The van der Waals surface area contributed by atoms with Crippen LogP contribution in [0, 0.1) is 0 Å². The Morgan fingerprint density at radius 3 is 2.50 bits per heavy atom. The van der Waals surface area contributed by atoms with Gasteiger partial charge in [-0.3, -0.25) is 4.79 Å². The Balaban J connectivity index is 3.09. The van der Waals surface area contributed by atoms with E-state index in [9.17, 15) is 9.59 Å². The Bertz CT molecular complexity index is 426. The van der Waals surface area contributed by atoms with E-state index in [0.29, 0.717) is 5.92 Å². The van der Waals surface area contributed by atoms with Crippen molar-refractivity contribution in [3.8, 4) is 0 Å². The van der Waals surface area contributed by atoms with Gasteiger partial charge in [-0.2, -0.15) is 0 Å². The molecule has 0 saturated heterocycles. The molecule has 0 radical (unpaired) electrons. The van der Waals surface area contributed by atoms with E-state index in [-0.39, 0.29) is 5.56 Å². The van der Waals surface area contributed by atoms with Gasteiger partial charge in [-0.1, -0.05) is 41.9 Å². The molecule has 0 aliphatic heterocycles. The first-order valence-electron chi connectivity index (χ1n) is 5.04. The highest BCUT2D eigenvalue weighted by Gasteiger charge is 2.16. The lowest BCUT2D eigenvalue weighted by Gasteiger charge is -2.11. The molecule has 1 N–H and O–H groups in total. The molecule has 0 bridgehead atoms. The number of carboxylic acids is 1. The number of halogens is 1.